The molecule has 3 rings (SSSR count). The lowest BCUT2D eigenvalue weighted by molar-refractivity contribution is 0.0694. The molecule has 0 aliphatic carbocycles. The van der Waals surface area contributed by atoms with Crippen molar-refractivity contribution in [2.24, 2.45) is 5.92 Å². The van der Waals surface area contributed by atoms with E-state index in [1.807, 2.05) is 4.90 Å². The monoisotopic (exact) mass is 449 g/mol. The first-order valence-corrected chi connectivity index (χ1v) is 10.7. The van der Waals surface area contributed by atoms with Gasteiger partial charge in [0.2, 0.25) is 5.75 Å². The zero-order valence-corrected chi connectivity index (χ0v) is 18.9. The van der Waals surface area contributed by atoms with Gasteiger partial charge in [-0.3, -0.25) is 4.79 Å². The van der Waals surface area contributed by atoms with E-state index >= 15 is 0 Å². The van der Waals surface area contributed by atoms with E-state index in [2.05, 4.69) is 20.2 Å². The predicted octanol–water partition coefficient (Wildman–Crippen LogP) is 2.55. The normalized spacial score (nSPS) is 14.1. The fourth-order valence-corrected chi connectivity index (χ4v) is 4.10. The number of benzene rings is 1. The van der Waals surface area contributed by atoms with Crippen LogP contribution in [0.4, 0.5) is 10.5 Å². The molecule has 0 radical (unpaired) electrons. The molecule has 0 bridgehead atoms. The van der Waals surface area contributed by atoms with Gasteiger partial charge in [-0.25, -0.2) is 4.79 Å². The number of aromatic nitrogens is 2. The molecule has 0 atom stereocenters. The highest BCUT2D eigenvalue weighted by Crippen LogP contribution is 2.39. The molecule has 1 saturated heterocycles. The van der Waals surface area contributed by atoms with Crippen LogP contribution < -0.4 is 24.8 Å². The van der Waals surface area contributed by atoms with Gasteiger partial charge < -0.3 is 29.7 Å². The fourth-order valence-electron chi connectivity index (χ4n) is 3.48. The molecule has 1 aromatic heterocycles. The third kappa shape index (κ3) is 5.35. The number of likely N-dealkylation sites (tertiary alicyclic amines) is 1. The van der Waals surface area contributed by atoms with Crippen molar-refractivity contribution in [3.8, 4) is 17.2 Å². The summed E-state index contributed by atoms with van der Waals surface area (Å²) in [6.07, 6.45) is 1.64. The van der Waals surface area contributed by atoms with Gasteiger partial charge in [0.05, 0.1) is 32.7 Å². The van der Waals surface area contributed by atoms with Crippen molar-refractivity contribution in [1.82, 2.24) is 19.8 Å². The summed E-state index contributed by atoms with van der Waals surface area (Å²) < 4.78 is 19.7. The second kappa shape index (κ2) is 10.3. The van der Waals surface area contributed by atoms with Crippen molar-refractivity contribution < 1.29 is 23.8 Å². The summed E-state index contributed by atoms with van der Waals surface area (Å²) in [5, 5.41) is 9.60. The van der Waals surface area contributed by atoms with Crippen LogP contribution >= 0.6 is 11.5 Å². The number of carbonyl (C=O) groups is 2. The van der Waals surface area contributed by atoms with Gasteiger partial charge in [0.1, 0.15) is 4.88 Å². The SMILES string of the molecule is COc1cc(NC(=O)NCC2CCN(C(=O)c3snnc3C)CC2)cc(OC)c1OC. The first-order valence-electron chi connectivity index (χ1n) is 9.89. The molecule has 1 aliphatic rings. The summed E-state index contributed by atoms with van der Waals surface area (Å²) in [7, 11) is 4.56. The Balaban J connectivity index is 1.49. The van der Waals surface area contributed by atoms with Crippen molar-refractivity contribution in [2.45, 2.75) is 19.8 Å². The molecule has 2 N–H and O–H groups in total. The quantitative estimate of drug-likeness (QED) is 0.667. The van der Waals surface area contributed by atoms with Crippen LogP contribution in [0.5, 0.6) is 17.2 Å². The van der Waals surface area contributed by atoms with E-state index in [9.17, 15) is 9.59 Å². The van der Waals surface area contributed by atoms with Crippen LogP contribution in [0, 0.1) is 12.8 Å². The van der Waals surface area contributed by atoms with Crippen molar-refractivity contribution in [1.29, 1.82) is 0 Å². The van der Waals surface area contributed by atoms with E-state index in [-0.39, 0.29) is 11.9 Å². The number of anilines is 1. The molecule has 1 fully saturated rings. The Bertz CT molecular complexity index is 901. The van der Waals surface area contributed by atoms with Crippen molar-refractivity contribution in [3.63, 3.8) is 0 Å². The third-order valence-corrected chi connectivity index (χ3v) is 6.04. The third-order valence-electron chi connectivity index (χ3n) is 5.22. The molecule has 1 aromatic carbocycles. The largest absolute Gasteiger partial charge is 0.493 e. The number of amides is 3. The number of carbonyl (C=O) groups excluding carboxylic acids is 2. The van der Waals surface area contributed by atoms with Gasteiger partial charge in [-0.1, -0.05) is 4.49 Å². The van der Waals surface area contributed by atoms with E-state index < -0.39 is 0 Å². The number of urea groups is 1. The minimum Gasteiger partial charge on any atom is -0.493 e. The number of methoxy groups -OCH3 is 3. The molecule has 1 aliphatic heterocycles. The number of nitrogens with zero attached hydrogens (tertiary/aromatic N) is 3. The maximum Gasteiger partial charge on any atom is 0.319 e. The zero-order chi connectivity index (χ0) is 22.4. The second-order valence-corrected chi connectivity index (χ2v) is 7.93. The van der Waals surface area contributed by atoms with Crippen LogP contribution in [0.15, 0.2) is 12.1 Å². The molecular weight excluding hydrogens is 422 g/mol. The average Bonchev–Trinajstić information content (AvgIpc) is 3.22. The zero-order valence-electron chi connectivity index (χ0n) is 18.1. The topological polar surface area (TPSA) is 115 Å². The maximum absolute atomic E-state index is 12.6. The number of nitrogens with one attached hydrogen (secondary N) is 2. The summed E-state index contributed by atoms with van der Waals surface area (Å²) in [4.78, 5) is 27.3. The molecule has 2 aromatic rings. The molecule has 10 nitrogen and oxygen atoms in total. The fraction of sp³-hybridized carbons (Fsp3) is 0.500. The molecular formula is C20H27N5O5S. The molecule has 0 unspecified atom stereocenters. The van der Waals surface area contributed by atoms with Crippen LogP contribution in [-0.4, -0.2) is 67.4 Å². The Morgan fingerprint density at radius 3 is 2.29 bits per heavy atom. The standard InChI is InChI=1S/C20H27N5O5S/c1-12-18(31-24-23-12)19(26)25-7-5-13(6-8-25)11-21-20(27)22-14-9-15(28-2)17(30-4)16(10-14)29-3/h9-10,13H,5-8,11H2,1-4H3,(H2,21,22,27). The summed E-state index contributed by atoms with van der Waals surface area (Å²) in [5.74, 6) is 1.66. The van der Waals surface area contributed by atoms with E-state index in [1.54, 1.807) is 19.1 Å². The molecule has 0 saturated carbocycles. The molecule has 168 valence electrons. The van der Waals surface area contributed by atoms with Crippen LogP contribution in [0.1, 0.15) is 28.2 Å². The highest BCUT2D eigenvalue weighted by Gasteiger charge is 2.26. The van der Waals surface area contributed by atoms with Gasteiger partial charge in [-0.05, 0) is 37.2 Å². The minimum absolute atomic E-state index is 0.0148. The highest BCUT2D eigenvalue weighted by molar-refractivity contribution is 7.07. The van der Waals surface area contributed by atoms with Gasteiger partial charge in [-0.2, -0.15) is 0 Å². The average molecular weight is 450 g/mol. The summed E-state index contributed by atoms with van der Waals surface area (Å²) in [5.41, 5.74) is 1.20. The van der Waals surface area contributed by atoms with Crippen LogP contribution in [0.25, 0.3) is 0 Å². The number of piperidine rings is 1. The molecule has 2 heterocycles. The van der Waals surface area contributed by atoms with Crippen LogP contribution in [0.3, 0.4) is 0 Å². The van der Waals surface area contributed by atoms with Gasteiger partial charge >= 0.3 is 6.03 Å². The van der Waals surface area contributed by atoms with Gasteiger partial charge in [0.25, 0.3) is 5.91 Å². The minimum atomic E-state index is -0.320. The highest BCUT2D eigenvalue weighted by atomic mass is 32.1. The number of aryl methyl sites for hydroxylation is 1. The second-order valence-electron chi connectivity index (χ2n) is 7.17. The number of hydrogen-bond donors (Lipinski definition) is 2. The van der Waals surface area contributed by atoms with Crippen molar-refractivity contribution in [3.05, 3.63) is 22.7 Å². The van der Waals surface area contributed by atoms with E-state index in [0.717, 1.165) is 24.4 Å². The number of hydrogen-bond acceptors (Lipinski definition) is 8. The lowest BCUT2D eigenvalue weighted by atomic mass is 9.96. The first-order chi connectivity index (χ1) is 15.0. The molecule has 11 heteroatoms. The molecule has 0 spiro atoms. The molecule has 31 heavy (non-hydrogen) atoms. The predicted molar refractivity (Wildman–Crippen MR) is 116 cm³/mol. The van der Waals surface area contributed by atoms with Crippen LogP contribution in [-0.2, 0) is 0 Å². The Kier molecular flexibility index (Phi) is 7.50. The number of ether oxygens (including phenoxy) is 3. The van der Waals surface area contributed by atoms with Crippen molar-refractivity contribution in [2.75, 3.05) is 46.3 Å². The summed E-state index contributed by atoms with van der Waals surface area (Å²) in [6, 6.07) is 3.02. The Hall–Kier alpha value is -3.08. The van der Waals surface area contributed by atoms with Gasteiger partial charge in [0, 0.05) is 31.8 Å². The van der Waals surface area contributed by atoms with Gasteiger partial charge in [0.15, 0.2) is 11.5 Å². The number of rotatable bonds is 7. The lowest BCUT2D eigenvalue weighted by Gasteiger charge is -2.31. The van der Waals surface area contributed by atoms with E-state index in [4.69, 9.17) is 14.2 Å². The van der Waals surface area contributed by atoms with E-state index in [1.165, 1.54) is 21.3 Å². The Morgan fingerprint density at radius 2 is 1.77 bits per heavy atom. The lowest BCUT2D eigenvalue weighted by Crippen LogP contribution is -2.42. The van der Waals surface area contributed by atoms with Crippen molar-refractivity contribution >= 4 is 29.2 Å². The first kappa shape index (κ1) is 22.6. The Morgan fingerprint density at radius 1 is 1.13 bits per heavy atom. The maximum atomic E-state index is 12.6. The Labute approximate surface area is 185 Å². The summed E-state index contributed by atoms with van der Waals surface area (Å²) >= 11 is 1.13. The van der Waals surface area contributed by atoms with Gasteiger partial charge in [-0.15, -0.1) is 5.10 Å². The van der Waals surface area contributed by atoms with E-state index in [0.29, 0.717) is 59.1 Å². The van der Waals surface area contributed by atoms with Crippen LogP contribution in [0.2, 0.25) is 0 Å². The summed E-state index contributed by atoms with van der Waals surface area (Å²) in [6.45, 7) is 3.62. The smallest absolute Gasteiger partial charge is 0.319 e. The molecule has 3 amide bonds.